The van der Waals surface area contributed by atoms with E-state index in [0.29, 0.717) is 29.4 Å². The SMILES string of the molecule is CO[C@@H]1c2cc(N3C(=O)COc4ccccc43)ccc2O[C@H](C(CC(=O)N2CCC[C@H]2CO)[Si](C)(C)O)[C@H]1C. The smallest absolute Gasteiger partial charge is 0.269 e. The van der Waals surface area contributed by atoms with Gasteiger partial charge in [-0.15, -0.1) is 0 Å². The van der Waals surface area contributed by atoms with Gasteiger partial charge in [0.15, 0.2) is 14.9 Å². The minimum absolute atomic E-state index is 0.0448. The predicted molar refractivity (Wildman–Crippen MR) is 149 cm³/mol. The molecule has 3 aliphatic heterocycles. The lowest BCUT2D eigenvalue weighted by molar-refractivity contribution is -0.133. The normalized spacial score (nSPS) is 25.4. The fraction of sp³-hybridized carbons (Fsp3) is 0.517. The van der Waals surface area contributed by atoms with Crippen LogP contribution in [0.25, 0.3) is 0 Å². The van der Waals surface area contributed by atoms with Gasteiger partial charge >= 0.3 is 0 Å². The Kier molecular flexibility index (Phi) is 7.74. The molecule has 0 aromatic heterocycles. The second-order valence-corrected chi connectivity index (χ2v) is 15.4. The molecule has 2 N–H and O–H groups in total. The molecule has 0 bridgehead atoms. The van der Waals surface area contributed by atoms with Gasteiger partial charge in [0.25, 0.3) is 5.91 Å². The van der Waals surface area contributed by atoms with Gasteiger partial charge in [-0.1, -0.05) is 19.1 Å². The molecule has 2 aromatic rings. The number of aliphatic hydroxyl groups excluding tert-OH is 1. The van der Waals surface area contributed by atoms with Crippen LogP contribution in [0, 0.1) is 5.92 Å². The maximum absolute atomic E-state index is 13.4. The molecule has 1 unspecified atom stereocenters. The van der Waals surface area contributed by atoms with E-state index in [4.69, 9.17) is 14.2 Å². The molecule has 9 nitrogen and oxygen atoms in total. The number of para-hydroxylation sites is 2. The van der Waals surface area contributed by atoms with Crippen LogP contribution in [-0.2, 0) is 14.3 Å². The number of amides is 2. The Morgan fingerprint density at radius 1 is 1.21 bits per heavy atom. The summed E-state index contributed by atoms with van der Waals surface area (Å²) >= 11 is 0. The van der Waals surface area contributed by atoms with Crippen molar-refractivity contribution in [2.75, 3.05) is 31.8 Å². The maximum Gasteiger partial charge on any atom is 0.269 e. The van der Waals surface area contributed by atoms with Gasteiger partial charge in [-0.25, -0.2) is 0 Å². The minimum atomic E-state index is -2.87. The van der Waals surface area contributed by atoms with Crippen LogP contribution >= 0.6 is 0 Å². The van der Waals surface area contributed by atoms with Crippen LogP contribution in [0.1, 0.15) is 37.9 Å². The lowest BCUT2D eigenvalue weighted by atomic mass is 9.86. The first-order chi connectivity index (χ1) is 18.6. The molecular formula is C29H38N2O7Si. The number of rotatable bonds is 7. The van der Waals surface area contributed by atoms with E-state index in [1.54, 1.807) is 16.9 Å². The Balaban J connectivity index is 1.46. The number of hydrogen-bond acceptors (Lipinski definition) is 7. The summed E-state index contributed by atoms with van der Waals surface area (Å²) in [5.41, 5.74) is 1.81. The van der Waals surface area contributed by atoms with Gasteiger partial charge in [-0.05, 0) is 56.3 Å². The summed E-state index contributed by atoms with van der Waals surface area (Å²) in [7, 11) is -1.22. The van der Waals surface area contributed by atoms with Crippen molar-refractivity contribution in [3.8, 4) is 11.5 Å². The monoisotopic (exact) mass is 554 g/mol. The van der Waals surface area contributed by atoms with Crippen LogP contribution in [0.5, 0.6) is 11.5 Å². The average molecular weight is 555 g/mol. The van der Waals surface area contributed by atoms with Gasteiger partial charge in [-0.3, -0.25) is 14.5 Å². The lowest BCUT2D eigenvalue weighted by Crippen LogP contribution is -2.50. The standard InChI is InChI=1S/C29H38N2O7Si/c1-18-28(36-2)21-14-19(31-22-9-5-6-10-24(22)37-17-27(31)34)11-12-23(21)38-29(18)25(39(3,4)35)15-26(33)30-13-7-8-20(30)16-32/h5-6,9-12,14,18,20,25,28-29,32,35H,7-8,13,15-17H2,1-4H3/t18-,20-,25?,28-,29-/m0/s1. The Hall–Kier alpha value is -2.92. The van der Waals surface area contributed by atoms with Gasteiger partial charge in [0.05, 0.1) is 24.4 Å². The summed E-state index contributed by atoms with van der Waals surface area (Å²) in [5.74, 6) is 0.871. The maximum atomic E-state index is 13.4. The molecule has 2 aromatic carbocycles. The van der Waals surface area contributed by atoms with Gasteiger partial charge in [0.2, 0.25) is 5.91 Å². The zero-order valence-electron chi connectivity index (χ0n) is 23.0. The number of fused-ring (bicyclic) bond motifs is 2. The number of likely N-dealkylation sites (tertiary alicyclic amines) is 1. The second kappa shape index (κ2) is 10.9. The van der Waals surface area contributed by atoms with Crippen LogP contribution in [0.2, 0.25) is 18.6 Å². The summed E-state index contributed by atoms with van der Waals surface area (Å²) in [4.78, 5) is 41.0. The quantitative estimate of drug-likeness (QED) is 0.502. The third-order valence-corrected chi connectivity index (χ3v) is 10.7. The number of benzene rings is 2. The third kappa shape index (κ3) is 5.18. The summed E-state index contributed by atoms with van der Waals surface area (Å²) in [6.07, 6.45) is 1.02. The Morgan fingerprint density at radius 3 is 2.69 bits per heavy atom. The number of aliphatic hydroxyl groups is 1. The molecule has 0 saturated carbocycles. The van der Waals surface area contributed by atoms with Crippen LogP contribution in [0.15, 0.2) is 42.5 Å². The number of methoxy groups -OCH3 is 1. The zero-order chi connectivity index (χ0) is 27.9. The minimum Gasteiger partial charge on any atom is -0.490 e. The summed E-state index contributed by atoms with van der Waals surface area (Å²) in [6.45, 7) is 6.24. The van der Waals surface area contributed by atoms with E-state index in [1.165, 1.54) is 0 Å². The number of ether oxygens (including phenoxy) is 3. The molecule has 5 atom stereocenters. The van der Waals surface area contributed by atoms with Crippen molar-refractivity contribution in [3.63, 3.8) is 0 Å². The van der Waals surface area contributed by atoms with Crippen molar-refractivity contribution in [2.45, 2.75) is 63.1 Å². The average Bonchev–Trinajstić information content (AvgIpc) is 3.40. The second-order valence-electron chi connectivity index (χ2n) is 11.3. The van der Waals surface area contributed by atoms with Gasteiger partial charge in [-0.2, -0.15) is 0 Å². The highest BCUT2D eigenvalue weighted by molar-refractivity contribution is 6.71. The molecule has 3 heterocycles. The molecule has 0 aliphatic carbocycles. The summed E-state index contributed by atoms with van der Waals surface area (Å²) in [5, 5.41) is 9.73. The van der Waals surface area contributed by atoms with Gasteiger partial charge in [0.1, 0.15) is 17.6 Å². The lowest BCUT2D eigenvalue weighted by Gasteiger charge is -2.44. The van der Waals surface area contributed by atoms with E-state index >= 15 is 0 Å². The van der Waals surface area contributed by atoms with Crippen molar-refractivity contribution < 1.29 is 33.7 Å². The van der Waals surface area contributed by atoms with E-state index in [-0.39, 0.29) is 55.1 Å². The van der Waals surface area contributed by atoms with E-state index in [9.17, 15) is 19.5 Å². The van der Waals surface area contributed by atoms with Crippen molar-refractivity contribution in [3.05, 3.63) is 48.0 Å². The Labute approximate surface area is 230 Å². The molecule has 5 rings (SSSR count). The van der Waals surface area contributed by atoms with Crippen LogP contribution in [-0.4, -0.2) is 73.9 Å². The van der Waals surface area contributed by atoms with Gasteiger partial charge < -0.3 is 29.0 Å². The van der Waals surface area contributed by atoms with Crippen molar-refractivity contribution in [1.29, 1.82) is 0 Å². The van der Waals surface area contributed by atoms with E-state index in [0.717, 1.165) is 18.4 Å². The van der Waals surface area contributed by atoms with Gasteiger partial charge in [0, 0.05) is 42.8 Å². The molecule has 10 heteroatoms. The molecule has 210 valence electrons. The molecular weight excluding hydrogens is 516 g/mol. The van der Waals surface area contributed by atoms with E-state index in [1.807, 2.05) is 62.5 Å². The molecule has 1 saturated heterocycles. The molecule has 3 aliphatic rings. The van der Waals surface area contributed by atoms with E-state index in [2.05, 4.69) is 0 Å². The fourth-order valence-corrected chi connectivity index (χ4v) is 8.17. The molecule has 0 radical (unpaired) electrons. The number of carbonyl (C=O) groups is 2. The van der Waals surface area contributed by atoms with Crippen molar-refractivity contribution in [1.82, 2.24) is 4.90 Å². The molecule has 39 heavy (non-hydrogen) atoms. The molecule has 0 spiro atoms. The van der Waals surface area contributed by atoms with E-state index < -0.39 is 14.4 Å². The number of anilines is 2. The highest BCUT2D eigenvalue weighted by Crippen LogP contribution is 2.48. The zero-order valence-corrected chi connectivity index (χ0v) is 24.0. The van der Waals surface area contributed by atoms with Crippen LogP contribution < -0.4 is 14.4 Å². The van der Waals surface area contributed by atoms with Crippen molar-refractivity contribution in [2.24, 2.45) is 5.92 Å². The van der Waals surface area contributed by atoms with Crippen molar-refractivity contribution >= 4 is 31.5 Å². The number of hydrogen-bond donors (Lipinski definition) is 2. The Bertz CT molecular complexity index is 1230. The predicted octanol–water partition coefficient (Wildman–Crippen LogP) is 3.77. The largest absolute Gasteiger partial charge is 0.490 e. The number of carbonyl (C=O) groups excluding carboxylic acids is 2. The highest BCUT2D eigenvalue weighted by Gasteiger charge is 2.48. The van der Waals surface area contributed by atoms with Crippen LogP contribution in [0.3, 0.4) is 0 Å². The molecule has 2 amide bonds. The number of nitrogens with zero attached hydrogens (tertiary/aromatic N) is 2. The first-order valence-corrected chi connectivity index (χ1v) is 16.7. The highest BCUT2D eigenvalue weighted by atomic mass is 28.4. The fourth-order valence-electron chi connectivity index (χ4n) is 6.32. The van der Waals surface area contributed by atoms with Crippen LogP contribution in [0.4, 0.5) is 11.4 Å². The summed E-state index contributed by atoms with van der Waals surface area (Å²) < 4.78 is 18.2. The topological polar surface area (TPSA) is 109 Å². The third-order valence-electron chi connectivity index (χ3n) is 8.38. The first kappa shape index (κ1) is 27.6. The summed E-state index contributed by atoms with van der Waals surface area (Å²) in [6, 6.07) is 12.9. The first-order valence-electron chi connectivity index (χ1n) is 13.6. The molecule has 1 fully saturated rings. The Morgan fingerprint density at radius 2 is 1.97 bits per heavy atom.